The molecule has 0 bridgehead atoms. The highest BCUT2D eigenvalue weighted by Crippen LogP contribution is 2.33. The molecule has 1 rings (SSSR count). The van der Waals surface area contributed by atoms with Crippen LogP contribution in [-0.2, 0) is 15.4 Å². The smallest absolute Gasteiger partial charge is 0.219 e. The summed E-state index contributed by atoms with van der Waals surface area (Å²) in [5, 5.41) is 17.1. The number of aromatic hydroxyl groups is 1. The molecule has 0 aromatic heterocycles. The van der Waals surface area contributed by atoms with E-state index in [9.17, 15) is 4.21 Å². The minimum atomic E-state index is -2.04. The Labute approximate surface area is 86.3 Å². The van der Waals surface area contributed by atoms with Crippen LogP contribution in [0.4, 0.5) is 0 Å². The molecule has 0 aliphatic rings. The molecule has 0 saturated carbocycles. The number of halogens is 2. The van der Waals surface area contributed by atoms with Crippen LogP contribution in [0.5, 0.6) is 5.75 Å². The molecule has 7 heteroatoms. The van der Waals surface area contributed by atoms with Crippen molar-refractivity contribution in [2.45, 2.75) is 4.90 Å². The van der Waals surface area contributed by atoms with Gasteiger partial charge in [0.15, 0.2) is 5.75 Å². The lowest BCUT2D eigenvalue weighted by Crippen LogP contribution is -1.93. The van der Waals surface area contributed by atoms with Gasteiger partial charge >= 0.3 is 0 Å². The number of rotatable bonds is 2. The lowest BCUT2D eigenvalue weighted by molar-refractivity contribution is -0.124. The highest BCUT2D eigenvalue weighted by atomic mass is 35.5. The van der Waals surface area contributed by atoms with E-state index < -0.39 is 11.1 Å². The third-order valence-electron chi connectivity index (χ3n) is 1.25. The molecule has 0 radical (unpaired) electrons. The molecule has 4 nitrogen and oxygen atoms in total. The van der Waals surface area contributed by atoms with Crippen molar-refractivity contribution >= 4 is 34.3 Å². The highest BCUT2D eigenvalue weighted by Gasteiger charge is 2.11. The molecule has 0 amide bonds. The highest BCUT2D eigenvalue weighted by molar-refractivity contribution is 7.80. The van der Waals surface area contributed by atoms with Crippen LogP contribution in [-0.4, -0.2) is 14.6 Å². The quantitative estimate of drug-likeness (QED) is 0.617. The number of phenols is 1. The van der Waals surface area contributed by atoms with Gasteiger partial charge in [0, 0.05) is 0 Å². The van der Waals surface area contributed by atoms with Gasteiger partial charge in [0.05, 0.1) is 14.9 Å². The summed E-state index contributed by atoms with van der Waals surface area (Å²) in [7, 11) is 0. The van der Waals surface area contributed by atoms with Crippen molar-refractivity contribution in [1.82, 2.24) is 0 Å². The van der Waals surface area contributed by atoms with E-state index in [0.29, 0.717) is 0 Å². The maximum atomic E-state index is 10.9. The zero-order valence-electron chi connectivity index (χ0n) is 6.03. The van der Waals surface area contributed by atoms with Crippen LogP contribution < -0.4 is 0 Å². The second-order valence-electron chi connectivity index (χ2n) is 2.04. The van der Waals surface area contributed by atoms with E-state index in [0.717, 1.165) is 0 Å². The largest absolute Gasteiger partial charge is 0.505 e. The van der Waals surface area contributed by atoms with E-state index in [2.05, 4.69) is 4.33 Å². The Bertz CT molecular complexity index is 331. The number of hydrogen-bond acceptors (Lipinski definition) is 4. The molecule has 0 unspecified atom stereocenters. The van der Waals surface area contributed by atoms with Crippen molar-refractivity contribution in [2.75, 3.05) is 0 Å². The Hall–Kier alpha value is -0.330. The van der Waals surface area contributed by atoms with Crippen molar-refractivity contribution in [1.29, 1.82) is 0 Å². The normalized spacial score (nSPS) is 12.8. The Morgan fingerprint density at radius 1 is 1.31 bits per heavy atom. The van der Waals surface area contributed by atoms with Crippen LogP contribution in [0.2, 0.25) is 10.0 Å². The SMILES string of the molecule is O=[S@@](OO)c1cc(Cl)c(O)c(Cl)c1. The van der Waals surface area contributed by atoms with E-state index in [-0.39, 0.29) is 20.7 Å². The van der Waals surface area contributed by atoms with Crippen LogP contribution in [0.3, 0.4) is 0 Å². The Balaban J connectivity index is 3.20. The van der Waals surface area contributed by atoms with Gasteiger partial charge in [-0.25, -0.2) is 9.47 Å². The maximum absolute atomic E-state index is 10.9. The van der Waals surface area contributed by atoms with Gasteiger partial charge < -0.3 is 5.11 Å². The zero-order valence-corrected chi connectivity index (χ0v) is 8.36. The summed E-state index contributed by atoms with van der Waals surface area (Å²) in [5.74, 6) is -0.304. The standard InChI is InChI=1S/C6H4Cl2O4S/c7-4-1-3(13(11)12-10)2-5(8)6(4)9/h1-2,9-10H/t13-/m0/s1. The first kappa shape index (κ1) is 10.7. The van der Waals surface area contributed by atoms with Crippen molar-refractivity contribution in [2.24, 2.45) is 0 Å². The Kier molecular flexibility index (Phi) is 3.52. The molecule has 72 valence electrons. The first-order valence-electron chi connectivity index (χ1n) is 2.98. The summed E-state index contributed by atoms with van der Waals surface area (Å²) in [5.41, 5.74) is 0. The van der Waals surface area contributed by atoms with Crippen LogP contribution in [0, 0.1) is 0 Å². The van der Waals surface area contributed by atoms with Crippen molar-refractivity contribution in [3.8, 4) is 5.75 Å². The van der Waals surface area contributed by atoms with Gasteiger partial charge in [-0.1, -0.05) is 23.2 Å². The molecular weight excluding hydrogens is 239 g/mol. The fourth-order valence-corrected chi connectivity index (χ4v) is 1.81. The Morgan fingerprint density at radius 2 is 1.77 bits per heavy atom. The van der Waals surface area contributed by atoms with E-state index in [1.54, 1.807) is 0 Å². The average molecular weight is 243 g/mol. The first-order chi connectivity index (χ1) is 6.06. The van der Waals surface area contributed by atoms with Crippen molar-refractivity contribution in [3.63, 3.8) is 0 Å². The fourth-order valence-electron chi connectivity index (χ4n) is 0.682. The van der Waals surface area contributed by atoms with Gasteiger partial charge in [0.1, 0.15) is 0 Å². The van der Waals surface area contributed by atoms with Crippen LogP contribution >= 0.6 is 23.2 Å². The number of benzene rings is 1. The minimum absolute atomic E-state index is 0.0621. The maximum Gasteiger partial charge on any atom is 0.219 e. The lowest BCUT2D eigenvalue weighted by Gasteiger charge is -2.02. The summed E-state index contributed by atoms with van der Waals surface area (Å²) in [6.45, 7) is 0. The second kappa shape index (κ2) is 4.26. The van der Waals surface area contributed by atoms with Gasteiger partial charge in [0.25, 0.3) is 0 Å². The van der Waals surface area contributed by atoms with E-state index in [1.807, 2.05) is 0 Å². The van der Waals surface area contributed by atoms with Gasteiger partial charge in [-0.2, -0.15) is 0 Å². The van der Waals surface area contributed by atoms with Crippen LogP contribution in [0.25, 0.3) is 0 Å². The zero-order chi connectivity index (χ0) is 10.0. The molecule has 2 N–H and O–H groups in total. The summed E-state index contributed by atoms with van der Waals surface area (Å²) in [6, 6.07) is 2.35. The summed E-state index contributed by atoms with van der Waals surface area (Å²) in [4.78, 5) is 0.0651. The number of phenolic OH excluding ortho intramolecular Hbond substituents is 1. The molecule has 1 aromatic rings. The van der Waals surface area contributed by atoms with Gasteiger partial charge in [-0.05, 0) is 12.1 Å². The predicted molar refractivity (Wildman–Crippen MR) is 48.2 cm³/mol. The van der Waals surface area contributed by atoms with Gasteiger partial charge in [-0.3, -0.25) is 0 Å². The number of hydrogen-bond donors (Lipinski definition) is 2. The molecule has 1 aromatic carbocycles. The third-order valence-corrected chi connectivity index (χ3v) is 2.58. The molecule has 1 atom stereocenters. The molecule has 0 spiro atoms. The van der Waals surface area contributed by atoms with Crippen molar-refractivity contribution < 1.29 is 18.9 Å². The summed E-state index contributed by atoms with van der Waals surface area (Å²) < 4.78 is 14.4. The topological polar surface area (TPSA) is 66.8 Å². The molecule has 0 fully saturated rings. The Morgan fingerprint density at radius 3 is 2.15 bits per heavy atom. The predicted octanol–water partition coefficient (Wildman–Crippen LogP) is 2.21. The third kappa shape index (κ3) is 2.32. The second-order valence-corrected chi connectivity index (χ2v) is 3.95. The van der Waals surface area contributed by atoms with Crippen molar-refractivity contribution in [3.05, 3.63) is 22.2 Å². The lowest BCUT2D eigenvalue weighted by atomic mass is 10.3. The fraction of sp³-hybridized carbons (Fsp3) is 0. The van der Waals surface area contributed by atoms with Gasteiger partial charge in [0.2, 0.25) is 11.1 Å². The van der Waals surface area contributed by atoms with E-state index >= 15 is 0 Å². The molecular formula is C6H4Cl2O4S. The molecule has 13 heavy (non-hydrogen) atoms. The molecule has 0 aliphatic carbocycles. The minimum Gasteiger partial charge on any atom is -0.505 e. The van der Waals surface area contributed by atoms with E-state index in [4.69, 9.17) is 33.6 Å². The summed E-state index contributed by atoms with van der Waals surface area (Å²) >= 11 is 8.98. The molecule has 0 heterocycles. The first-order valence-corrected chi connectivity index (χ1v) is 4.81. The summed E-state index contributed by atoms with van der Waals surface area (Å²) in [6.07, 6.45) is 0. The van der Waals surface area contributed by atoms with Crippen LogP contribution in [0.15, 0.2) is 17.0 Å². The average Bonchev–Trinajstić information content (AvgIpc) is 2.12. The van der Waals surface area contributed by atoms with Crippen LogP contribution in [0.1, 0.15) is 0 Å². The monoisotopic (exact) mass is 242 g/mol. The van der Waals surface area contributed by atoms with E-state index in [1.165, 1.54) is 12.1 Å². The van der Waals surface area contributed by atoms with Gasteiger partial charge in [-0.15, -0.1) is 4.33 Å². The molecule has 0 aliphatic heterocycles. The molecule has 0 saturated heterocycles.